The second-order valence-corrected chi connectivity index (χ2v) is 7.36. The van der Waals surface area contributed by atoms with Gasteiger partial charge < -0.3 is 15.2 Å². The lowest BCUT2D eigenvalue weighted by Crippen LogP contribution is -2.30. The minimum absolute atomic E-state index is 0.188. The number of carboxylic acids is 1. The Morgan fingerprint density at radius 2 is 2.10 bits per heavy atom. The van der Waals surface area contributed by atoms with E-state index in [1.807, 2.05) is 37.3 Å². The number of hydrogen-bond donors (Lipinski definition) is 2. The molecule has 2 heterocycles. The maximum Gasteiger partial charge on any atom is 0.336 e. The average molecular weight is 388 g/mol. The number of aromatic carboxylic acids is 1. The molecule has 1 aliphatic heterocycles. The van der Waals surface area contributed by atoms with Gasteiger partial charge in [0, 0.05) is 18.4 Å². The van der Waals surface area contributed by atoms with E-state index in [9.17, 15) is 9.90 Å². The number of hydrogen-bond acceptors (Lipinski definition) is 4. The van der Waals surface area contributed by atoms with E-state index in [0.717, 1.165) is 42.0 Å². The molecular weight excluding hydrogens is 364 g/mol. The zero-order chi connectivity index (χ0) is 20.2. The number of pyridine rings is 1. The van der Waals surface area contributed by atoms with Crippen molar-refractivity contribution in [2.75, 3.05) is 6.54 Å². The number of ether oxygens (including phenoxy) is 1. The van der Waals surface area contributed by atoms with Gasteiger partial charge in [-0.3, -0.25) is 4.98 Å². The van der Waals surface area contributed by atoms with Crippen LogP contribution in [0.4, 0.5) is 0 Å². The highest BCUT2D eigenvalue weighted by molar-refractivity contribution is 5.89. The Morgan fingerprint density at radius 3 is 2.93 bits per heavy atom. The summed E-state index contributed by atoms with van der Waals surface area (Å²) in [5.74, 6) is 0.812. The number of nitrogens with zero attached hydrogens (tertiary/aromatic N) is 1. The number of benzene rings is 2. The van der Waals surface area contributed by atoms with Crippen LogP contribution in [0.3, 0.4) is 0 Å². The molecule has 3 aromatic rings. The van der Waals surface area contributed by atoms with E-state index in [4.69, 9.17) is 4.74 Å². The lowest BCUT2D eigenvalue weighted by molar-refractivity contribution is 0.0695. The summed E-state index contributed by atoms with van der Waals surface area (Å²) in [5, 5.41) is 12.9. The highest BCUT2D eigenvalue weighted by Crippen LogP contribution is 2.32. The van der Waals surface area contributed by atoms with Gasteiger partial charge in [-0.2, -0.15) is 0 Å². The molecule has 0 radical (unpaired) electrons. The Kier molecular flexibility index (Phi) is 5.58. The highest BCUT2D eigenvalue weighted by atomic mass is 16.5. The van der Waals surface area contributed by atoms with E-state index < -0.39 is 5.97 Å². The van der Waals surface area contributed by atoms with Gasteiger partial charge in [-0.1, -0.05) is 24.3 Å². The SMILES string of the molecule is Cc1ccccc1Oc1ccc2c(c1)CCN[C@@H]2CCc1cnccc1C(=O)O. The number of carboxylic acid groups (broad SMARTS) is 1. The number of nitrogens with one attached hydrogen (secondary N) is 1. The van der Waals surface area contributed by atoms with Crippen LogP contribution >= 0.6 is 0 Å². The number of aryl methyl sites for hydroxylation is 2. The van der Waals surface area contributed by atoms with Crippen LogP contribution in [-0.4, -0.2) is 22.6 Å². The van der Waals surface area contributed by atoms with Crippen molar-refractivity contribution in [3.8, 4) is 11.5 Å². The molecule has 1 aromatic heterocycles. The van der Waals surface area contributed by atoms with Gasteiger partial charge in [-0.05, 0) is 79.3 Å². The molecule has 4 rings (SSSR count). The van der Waals surface area contributed by atoms with Gasteiger partial charge in [-0.25, -0.2) is 4.79 Å². The normalized spacial score (nSPS) is 15.6. The van der Waals surface area contributed by atoms with Gasteiger partial charge in [0.1, 0.15) is 11.5 Å². The summed E-state index contributed by atoms with van der Waals surface area (Å²) < 4.78 is 6.09. The molecule has 0 spiro atoms. The third kappa shape index (κ3) is 4.30. The van der Waals surface area contributed by atoms with E-state index >= 15 is 0 Å². The molecule has 1 atom stereocenters. The Morgan fingerprint density at radius 1 is 1.24 bits per heavy atom. The quantitative estimate of drug-likeness (QED) is 0.640. The standard InChI is InChI=1S/C24H24N2O3/c1-16-4-2-3-5-23(16)29-19-7-8-20-17(14-19)10-13-26-22(20)9-6-18-15-25-12-11-21(18)24(27)28/h2-5,7-8,11-12,14-15,22,26H,6,9-10,13H2,1H3,(H,27,28)/t22-/m1/s1. The predicted octanol–water partition coefficient (Wildman–Crippen LogP) is 4.70. The largest absolute Gasteiger partial charge is 0.478 e. The minimum Gasteiger partial charge on any atom is -0.478 e. The van der Waals surface area contributed by atoms with E-state index in [0.29, 0.717) is 12.0 Å². The number of para-hydroxylation sites is 1. The van der Waals surface area contributed by atoms with Crippen LogP contribution in [0, 0.1) is 6.92 Å². The van der Waals surface area contributed by atoms with Gasteiger partial charge in [0.05, 0.1) is 5.56 Å². The third-order valence-corrected chi connectivity index (χ3v) is 5.43. The van der Waals surface area contributed by atoms with Crippen molar-refractivity contribution >= 4 is 5.97 Å². The second kappa shape index (κ2) is 8.45. The summed E-state index contributed by atoms with van der Waals surface area (Å²) in [6.07, 6.45) is 5.61. The number of rotatable bonds is 6. The molecule has 1 aliphatic rings. The molecule has 2 aromatic carbocycles. The first-order valence-electron chi connectivity index (χ1n) is 9.87. The molecule has 0 unspecified atom stereocenters. The molecule has 148 valence electrons. The van der Waals surface area contributed by atoms with Crippen molar-refractivity contribution < 1.29 is 14.6 Å². The molecule has 2 N–H and O–H groups in total. The maximum absolute atomic E-state index is 11.4. The predicted molar refractivity (Wildman–Crippen MR) is 112 cm³/mol. The van der Waals surface area contributed by atoms with Crippen LogP contribution < -0.4 is 10.1 Å². The first kappa shape index (κ1) is 19.2. The first-order valence-corrected chi connectivity index (χ1v) is 9.87. The van der Waals surface area contributed by atoms with Crippen molar-refractivity contribution in [3.05, 3.63) is 88.7 Å². The summed E-state index contributed by atoms with van der Waals surface area (Å²) in [6, 6.07) is 16.0. The van der Waals surface area contributed by atoms with E-state index in [2.05, 4.69) is 22.4 Å². The zero-order valence-corrected chi connectivity index (χ0v) is 16.4. The summed E-state index contributed by atoms with van der Waals surface area (Å²) in [5.41, 5.74) is 4.75. The second-order valence-electron chi connectivity index (χ2n) is 7.36. The lowest BCUT2D eigenvalue weighted by atomic mass is 9.90. The van der Waals surface area contributed by atoms with E-state index in [-0.39, 0.29) is 6.04 Å². The topological polar surface area (TPSA) is 71.5 Å². The molecule has 0 aliphatic carbocycles. The van der Waals surface area contributed by atoms with Crippen LogP contribution in [0.1, 0.15) is 45.1 Å². The zero-order valence-electron chi connectivity index (χ0n) is 16.4. The fraction of sp³-hybridized carbons (Fsp3) is 0.250. The minimum atomic E-state index is -0.905. The monoisotopic (exact) mass is 388 g/mol. The summed E-state index contributed by atoms with van der Waals surface area (Å²) in [4.78, 5) is 15.5. The van der Waals surface area contributed by atoms with Crippen molar-refractivity contribution in [3.63, 3.8) is 0 Å². The van der Waals surface area contributed by atoms with Crippen LogP contribution in [-0.2, 0) is 12.8 Å². The van der Waals surface area contributed by atoms with Crippen molar-refractivity contribution in [1.29, 1.82) is 0 Å². The van der Waals surface area contributed by atoms with Gasteiger partial charge in [-0.15, -0.1) is 0 Å². The summed E-state index contributed by atoms with van der Waals surface area (Å²) in [6.45, 7) is 2.93. The Labute approximate surface area is 170 Å². The molecule has 0 amide bonds. The van der Waals surface area contributed by atoms with Crippen molar-refractivity contribution in [2.45, 2.75) is 32.2 Å². The molecule has 0 fully saturated rings. The first-order chi connectivity index (χ1) is 14.1. The Balaban J connectivity index is 1.50. The summed E-state index contributed by atoms with van der Waals surface area (Å²) >= 11 is 0. The van der Waals surface area contributed by atoms with Crippen LogP contribution in [0.15, 0.2) is 60.9 Å². The lowest BCUT2D eigenvalue weighted by Gasteiger charge is -2.27. The molecular formula is C24H24N2O3. The Hall–Kier alpha value is -3.18. The summed E-state index contributed by atoms with van der Waals surface area (Å²) in [7, 11) is 0. The van der Waals surface area contributed by atoms with Gasteiger partial charge >= 0.3 is 5.97 Å². The molecule has 0 saturated heterocycles. The van der Waals surface area contributed by atoms with Gasteiger partial charge in [0.2, 0.25) is 0 Å². The number of carbonyl (C=O) groups is 1. The number of fused-ring (bicyclic) bond motifs is 1. The van der Waals surface area contributed by atoms with E-state index in [1.165, 1.54) is 17.3 Å². The van der Waals surface area contributed by atoms with Gasteiger partial charge in [0.15, 0.2) is 0 Å². The molecule has 5 nitrogen and oxygen atoms in total. The molecule has 0 bridgehead atoms. The van der Waals surface area contributed by atoms with E-state index in [1.54, 1.807) is 12.3 Å². The molecule has 5 heteroatoms. The van der Waals surface area contributed by atoms with Crippen LogP contribution in [0.25, 0.3) is 0 Å². The molecule has 0 saturated carbocycles. The fourth-order valence-electron chi connectivity index (χ4n) is 3.88. The van der Waals surface area contributed by atoms with Crippen molar-refractivity contribution in [2.24, 2.45) is 0 Å². The number of aromatic nitrogens is 1. The highest BCUT2D eigenvalue weighted by Gasteiger charge is 2.21. The van der Waals surface area contributed by atoms with Gasteiger partial charge in [0.25, 0.3) is 0 Å². The fourth-order valence-corrected chi connectivity index (χ4v) is 3.88. The van der Waals surface area contributed by atoms with Crippen LogP contribution in [0.5, 0.6) is 11.5 Å². The third-order valence-electron chi connectivity index (χ3n) is 5.43. The maximum atomic E-state index is 11.4. The Bertz CT molecular complexity index is 1030. The van der Waals surface area contributed by atoms with Crippen molar-refractivity contribution in [1.82, 2.24) is 10.3 Å². The van der Waals surface area contributed by atoms with Crippen LogP contribution in [0.2, 0.25) is 0 Å². The smallest absolute Gasteiger partial charge is 0.336 e. The molecule has 29 heavy (non-hydrogen) atoms. The average Bonchev–Trinajstić information content (AvgIpc) is 2.74.